The van der Waals surface area contributed by atoms with Crippen molar-refractivity contribution < 1.29 is 4.79 Å². The highest BCUT2D eigenvalue weighted by molar-refractivity contribution is 6.30. The van der Waals surface area contributed by atoms with Gasteiger partial charge in [0.25, 0.3) is 0 Å². The lowest BCUT2D eigenvalue weighted by Crippen LogP contribution is -2.35. The topological polar surface area (TPSA) is 29.1 Å². The summed E-state index contributed by atoms with van der Waals surface area (Å²) < 4.78 is 0. The van der Waals surface area contributed by atoms with E-state index in [0.717, 1.165) is 18.4 Å². The Balaban J connectivity index is 1.92. The predicted molar refractivity (Wildman–Crippen MR) is 70.0 cm³/mol. The maximum Gasteiger partial charge on any atom is 0.242 e. The van der Waals surface area contributed by atoms with E-state index < -0.39 is 5.38 Å². The molecule has 2 nitrogen and oxygen atoms in total. The Kier molecular flexibility index (Phi) is 4.06. The third kappa shape index (κ3) is 3.22. The second kappa shape index (κ2) is 5.54. The van der Waals surface area contributed by atoms with Gasteiger partial charge in [-0.2, -0.15) is 0 Å². The van der Waals surface area contributed by atoms with Gasteiger partial charge < -0.3 is 5.32 Å². The van der Waals surface area contributed by atoms with Gasteiger partial charge in [-0.05, 0) is 30.7 Å². The standard InChI is InChI=1S/C14H18ClNO/c1-10-7-8-12(9-10)16-14(17)13(15)11-5-3-2-4-6-11/h2-6,10,12-13H,7-9H2,1H3,(H,16,17). The molecule has 1 aliphatic rings. The second-order valence-corrected chi connectivity index (χ2v) is 5.33. The van der Waals surface area contributed by atoms with E-state index in [-0.39, 0.29) is 5.91 Å². The first-order valence-corrected chi connectivity index (χ1v) is 6.60. The maximum atomic E-state index is 12.0. The summed E-state index contributed by atoms with van der Waals surface area (Å²) in [7, 11) is 0. The average Bonchev–Trinajstić information content (AvgIpc) is 2.75. The monoisotopic (exact) mass is 251 g/mol. The van der Waals surface area contributed by atoms with Crippen molar-refractivity contribution in [1.29, 1.82) is 0 Å². The van der Waals surface area contributed by atoms with Gasteiger partial charge in [-0.25, -0.2) is 0 Å². The molecule has 1 amide bonds. The summed E-state index contributed by atoms with van der Waals surface area (Å²) in [5.41, 5.74) is 0.859. The molecule has 3 unspecified atom stereocenters. The van der Waals surface area contributed by atoms with E-state index in [1.54, 1.807) is 0 Å². The predicted octanol–water partition coefficient (Wildman–Crippen LogP) is 3.27. The van der Waals surface area contributed by atoms with Crippen molar-refractivity contribution in [3.05, 3.63) is 35.9 Å². The summed E-state index contributed by atoms with van der Waals surface area (Å²) in [5.74, 6) is 0.641. The molecule has 17 heavy (non-hydrogen) atoms. The highest BCUT2D eigenvalue weighted by Crippen LogP contribution is 2.26. The van der Waals surface area contributed by atoms with Crippen LogP contribution in [-0.2, 0) is 4.79 Å². The van der Waals surface area contributed by atoms with Gasteiger partial charge in [0.1, 0.15) is 5.38 Å². The van der Waals surface area contributed by atoms with Gasteiger partial charge in [-0.15, -0.1) is 11.6 Å². The van der Waals surface area contributed by atoms with Crippen molar-refractivity contribution in [2.45, 2.75) is 37.6 Å². The van der Waals surface area contributed by atoms with E-state index in [2.05, 4.69) is 12.2 Å². The first-order valence-electron chi connectivity index (χ1n) is 6.16. The molecule has 0 radical (unpaired) electrons. The van der Waals surface area contributed by atoms with Gasteiger partial charge >= 0.3 is 0 Å². The molecule has 1 aromatic carbocycles. The molecular formula is C14H18ClNO. The van der Waals surface area contributed by atoms with Crippen molar-refractivity contribution in [2.24, 2.45) is 5.92 Å². The fraction of sp³-hybridized carbons (Fsp3) is 0.500. The van der Waals surface area contributed by atoms with Crippen molar-refractivity contribution >= 4 is 17.5 Å². The van der Waals surface area contributed by atoms with Crippen LogP contribution in [0.25, 0.3) is 0 Å². The Morgan fingerprint density at radius 3 is 2.65 bits per heavy atom. The van der Waals surface area contributed by atoms with E-state index in [9.17, 15) is 4.79 Å². The van der Waals surface area contributed by atoms with Gasteiger partial charge in [0.05, 0.1) is 0 Å². The maximum absolute atomic E-state index is 12.0. The van der Waals surface area contributed by atoms with E-state index in [0.29, 0.717) is 12.0 Å². The summed E-state index contributed by atoms with van der Waals surface area (Å²) in [5, 5.41) is 2.46. The van der Waals surface area contributed by atoms with E-state index in [4.69, 9.17) is 11.6 Å². The average molecular weight is 252 g/mol. The molecule has 92 valence electrons. The van der Waals surface area contributed by atoms with Gasteiger partial charge in [0.2, 0.25) is 5.91 Å². The number of hydrogen-bond donors (Lipinski definition) is 1. The zero-order chi connectivity index (χ0) is 12.3. The van der Waals surface area contributed by atoms with Gasteiger partial charge in [-0.3, -0.25) is 4.79 Å². The molecule has 0 bridgehead atoms. The van der Waals surface area contributed by atoms with Crippen molar-refractivity contribution in [1.82, 2.24) is 5.32 Å². The van der Waals surface area contributed by atoms with Crippen LogP contribution in [0.3, 0.4) is 0 Å². The number of alkyl halides is 1. The lowest BCUT2D eigenvalue weighted by atomic mass is 10.1. The SMILES string of the molecule is CC1CCC(NC(=O)C(Cl)c2ccccc2)C1. The molecule has 1 aromatic rings. The molecular weight excluding hydrogens is 234 g/mol. The number of amides is 1. The number of hydrogen-bond acceptors (Lipinski definition) is 1. The van der Waals surface area contributed by atoms with Gasteiger partial charge in [0.15, 0.2) is 0 Å². The molecule has 3 heteroatoms. The third-order valence-corrected chi connectivity index (χ3v) is 3.81. The summed E-state index contributed by atoms with van der Waals surface area (Å²) >= 11 is 6.16. The van der Waals surface area contributed by atoms with Crippen LogP contribution in [0, 0.1) is 5.92 Å². The molecule has 0 aliphatic heterocycles. The third-order valence-electron chi connectivity index (χ3n) is 3.36. The van der Waals surface area contributed by atoms with Crippen LogP contribution in [0.4, 0.5) is 0 Å². The number of rotatable bonds is 3. The number of benzene rings is 1. The van der Waals surface area contributed by atoms with Crippen LogP contribution in [0.5, 0.6) is 0 Å². The summed E-state index contributed by atoms with van der Waals surface area (Å²) in [6, 6.07) is 9.79. The largest absolute Gasteiger partial charge is 0.352 e. The van der Waals surface area contributed by atoms with Gasteiger partial charge in [0, 0.05) is 6.04 Å². The number of nitrogens with one attached hydrogen (secondary N) is 1. The van der Waals surface area contributed by atoms with Crippen LogP contribution in [0.2, 0.25) is 0 Å². The quantitative estimate of drug-likeness (QED) is 0.821. The summed E-state index contributed by atoms with van der Waals surface area (Å²) in [4.78, 5) is 12.0. The van der Waals surface area contributed by atoms with Crippen molar-refractivity contribution in [3.8, 4) is 0 Å². The first kappa shape index (κ1) is 12.4. The minimum absolute atomic E-state index is 0.0723. The Morgan fingerprint density at radius 2 is 2.06 bits per heavy atom. The van der Waals surface area contributed by atoms with E-state index >= 15 is 0 Å². The summed E-state index contributed by atoms with van der Waals surface area (Å²) in [6.45, 7) is 2.22. The molecule has 1 N–H and O–H groups in total. The Morgan fingerprint density at radius 1 is 1.35 bits per heavy atom. The number of carbonyl (C=O) groups is 1. The molecule has 1 fully saturated rings. The van der Waals surface area contributed by atoms with Crippen LogP contribution in [-0.4, -0.2) is 11.9 Å². The Bertz CT molecular complexity index is 379. The molecule has 2 rings (SSSR count). The molecule has 3 atom stereocenters. The number of halogens is 1. The first-order chi connectivity index (χ1) is 8.16. The van der Waals surface area contributed by atoms with Crippen molar-refractivity contribution in [3.63, 3.8) is 0 Å². The normalized spacial score (nSPS) is 25.5. The van der Waals surface area contributed by atoms with Crippen LogP contribution in [0.15, 0.2) is 30.3 Å². The smallest absolute Gasteiger partial charge is 0.242 e. The molecule has 1 saturated carbocycles. The lowest BCUT2D eigenvalue weighted by Gasteiger charge is -2.15. The number of carbonyl (C=O) groups excluding carboxylic acids is 1. The van der Waals surface area contributed by atoms with Crippen molar-refractivity contribution in [2.75, 3.05) is 0 Å². The molecule has 0 heterocycles. The Hall–Kier alpha value is -1.02. The molecule has 0 aromatic heterocycles. The summed E-state index contributed by atoms with van der Waals surface area (Å²) in [6.07, 6.45) is 3.35. The fourth-order valence-corrected chi connectivity index (χ4v) is 2.59. The highest BCUT2D eigenvalue weighted by atomic mass is 35.5. The Labute approximate surface area is 107 Å². The lowest BCUT2D eigenvalue weighted by molar-refractivity contribution is -0.121. The van der Waals surface area contributed by atoms with Crippen LogP contribution >= 0.6 is 11.6 Å². The second-order valence-electron chi connectivity index (χ2n) is 4.90. The zero-order valence-electron chi connectivity index (χ0n) is 10.0. The highest BCUT2D eigenvalue weighted by Gasteiger charge is 2.25. The van der Waals surface area contributed by atoms with Gasteiger partial charge in [-0.1, -0.05) is 37.3 Å². The van der Waals surface area contributed by atoms with Crippen LogP contribution in [0.1, 0.15) is 37.1 Å². The minimum atomic E-state index is -0.577. The fourth-order valence-electron chi connectivity index (χ4n) is 2.39. The molecule has 0 saturated heterocycles. The van der Waals surface area contributed by atoms with E-state index in [1.165, 1.54) is 6.42 Å². The zero-order valence-corrected chi connectivity index (χ0v) is 10.8. The molecule has 0 spiro atoms. The van der Waals surface area contributed by atoms with E-state index in [1.807, 2.05) is 30.3 Å². The van der Waals surface area contributed by atoms with Crippen LogP contribution < -0.4 is 5.32 Å². The molecule has 1 aliphatic carbocycles. The minimum Gasteiger partial charge on any atom is -0.352 e.